The molecule has 1 aromatic rings. The number of nitrogens with zero attached hydrogens (tertiary/aromatic N) is 1. The molecule has 0 aromatic carbocycles. The first-order valence-corrected chi connectivity index (χ1v) is 9.21. The number of hydrogen-bond donors (Lipinski definition) is 2. The van der Waals surface area contributed by atoms with Gasteiger partial charge in [0.2, 0.25) is 5.91 Å². The Morgan fingerprint density at radius 1 is 1.29 bits per heavy atom. The van der Waals surface area contributed by atoms with Gasteiger partial charge in [-0.25, -0.2) is 8.42 Å². The zero-order chi connectivity index (χ0) is 15.9. The fraction of sp³-hybridized carbons (Fsp3) is 0.615. The van der Waals surface area contributed by atoms with Crippen molar-refractivity contribution in [2.75, 3.05) is 26.7 Å². The molecular weight excluding hydrogens is 310 g/mol. The molecule has 0 fully saturated rings. The van der Waals surface area contributed by atoms with Crippen molar-refractivity contribution in [3.8, 4) is 0 Å². The zero-order valence-electron chi connectivity index (χ0n) is 12.7. The van der Waals surface area contributed by atoms with Crippen LogP contribution in [0.3, 0.4) is 0 Å². The molecule has 6 nitrogen and oxygen atoms in total. The van der Waals surface area contributed by atoms with Crippen LogP contribution in [0.1, 0.15) is 25.1 Å². The minimum Gasteiger partial charge on any atom is -0.351 e. The van der Waals surface area contributed by atoms with E-state index in [9.17, 15) is 13.2 Å². The van der Waals surface area contributed by atoms with Crippen LogP contribution in [0.25, 0.3) is 0 Å². The Balaban J connectivity index is 2.67. The van der Waals surface area contributed by atoms with Crippen molar-refractivity contribution in [1.82, 2.24) is 14.9 Å². The second kappa shape index (κ2) is 8.47. The molecule has 21 heavy (non-hydrogen) atoms. The summed E-state index contributed by atoms with van der Waals surface area (Å²) in [6.45, 7) is 5.52. The van der Waals surface area contributed by atoms with Crippen LogP contribution in [0.5, 0.6) is 0 Å². The van der Waals surface area contributed by atoms with Gasteiger partial charge in [0.1, 0.15) is 4.21 Å². The number of rotatable bonds is 9. The summed E-state index contributed by atoms with van der Waals surface area (Å²) in [5, 5.41) is 5.68. The molecule has 8 heteroatoms. The molecule has 0 unspecified atom stereocenters. The van der Waals surface area contributed by atoms with E-state index in [0.29, 0.717) is 36.8 Å². The molecule has 1 amide bonds. The van der Waals surface area contributed by atoms with E-state index in [-0.39, 0.29) is 5.91 Å². The lowest BCUT2D eigenvalue weighted by molar-refractivity contribution is -0.121. The monoisotopic (exact) mass is 333 g/mol. The molecule has 0 saturated carbocycles. The van der Waals surface area contributed by atoms with Gasteiger partial charge in [-0.05, 0) is 19.2 Å². The highest BCUT2D eigenvalue weighted by Crippen LogP contribution is 2.24. The maximum absolute atomic E-state index is 12.3. The lowest BCUT2D eigenvalue weighted by atomic mass is 10.4. The molecule has 0 spiro atoms. The summed E-state index contributed by atoms with van der Waals surface area (Å²) in [5.41, 5.74) is 0. The van der Waals surface area contributed by atoms with E-state index in [2.05, 4.69) is 10.6 Å². The van der Waals surface area contributed by atoms with E-state index in [4.69, 9.17) is 0 Å². The average Bonchev–Trinajstić information content (AvgIpc) is 2.93. The summed E-state index contributed by atoms with van der Waals surface area (Å²) in [4.78, 5) is 12.3. The molecule has 0 atom stereocenters. The molecule has 0 aliphatic heterocycles. The number of carbonyl (C=O) groups excluding carboxylic acids is 1. The molecule has 1 rings (SSSR count). The fourth-order valence-corrected chi connectivity index (χ4v) is 4.70. The highest BCUT2D eigenvalue weighted by atomic mass is 32.2. The van der Waals surface area contributed by atoms with Gasteiger partial charge in [0, 0.05) is 30.9 Å². The molecule has 0 aliphatic carbocycles. The first-order chi connectivity index (χ1) is 9.95. The number of nitrogens with one attached hydrogen (secondary N) is 2. The Hall–Kier alpha value is -0.960. The van der Waals surface area contributed by atoms with E-state index >= 15 is 0 Å². The summed E-state index contributed by atoms with van der Waals surface area (Å²) in [6.07, 6.45) is 0.409. The van der Waals surface area contributed by atoms with Crippen molar-refractivity contribution in [1.29, 1.82) is 0 Å². The van der Waals surface area contributed by atoms with Gasteiger partial charge in [0.15, 0.2) is 0 Å². The van der Waals surface area contributed by atoms with Crippen molar-refractivity contribution in [3.05, 3.63) is 17.0 Å². The second-order valence-electron chi connectivity index (χ2n) is 4.44. The number of carbonyl (C=O) groups is 1. The number of amides is 1. The lowest BCUT2D eigenvalue weighted by Crippen LogP contribution is -2.30. The van der Waals surface area contributed by atoms with Gasteiger partial charge >= 0.3 is 0 Å². The van der Waals surface area contributed by atoms with Crippen LogP contribution in [0.15, 0.2) is 16.3 Å². The first kappa shape index (κ1) is 18.1. The van der Waals surface area contributed by atoms with Gasteiger partial charge in [-0.15, -0.1) is 11.3 Å². The third-order valence-electron chi connectivity index (χ3n) is 3.00. The third-order valence-corrected chi connectivity index (χ3v) is 6.60. The summed E-state index contributed by atoms with van der Waals surface area (Å²) in [7, 11) is -1.62. The quantitative estimate of drug-likeness (QED) is 0.707. The van der Waals surface area contributed by atoms with Gasteiger partial charge < -0.3 is 10.6 Å². The summed E-state index contributed by atoms with van der Waals surface area (Å²) in [5.74, 6) is -0.0501. The molecule has 0 saturated heterocycles. The van der Waals surface area contributed by atoms with Crippen molar-refractivity contribution in [3.63, 3.8) is 0 Å². The normalized spacial score (nSPS) is 11.8. The minimum atomic E-state index is -3.40. The molecule has 0 aliphatic rings. The highest BCUT2D eigenvalue weighted by molar-refractivity contribution is 7.91. The van der Waals surface area contributed by atoms with Crippen LogP contribution in [-0.2, 0) is 21.4 Å². The zero-order valence-corrected chi connectivity index (χ0v) is 14.3. The van der Waals surface area contributed by atoms with Crippen molar-refractivity contribution in [2.24, 2.45) is 0 Å². The van der Waals surface area contributed by atoms with Crippen molar-refractivity contribution >= 4 is 27.3 Å². The van der Waals surface area contributed by atoms with Gasteiger partial charge in [0.25, 0.3) is 10.0 Å². The third kappa shape index (κ3) is 5.06. The lowest BCUT2D eigenvalue weighted by Gasteiger charge is -2.16. The van der Waals surface area contributed by atoms with Crippen molar-refractivity contribution < 1.29 is 13.2 Å². The van der Waals surface area contributed by atoms with E-state index in [1.807, 2.05) is 13.8 Å². The van der Waals surface area contributed by atoms with E-state index < -0.39 is 10.0 Å². The maximum atomic E-state index is 12.3. The molecule has 2 N–H and O–H groups in total. The van der Waals surface area contributed by atoms with Crippen LogP contribution < -0.4 is 10.6 Å². The highest BCUT2D eigenvalue weighted by Gasteiger charge is 2.23. The van der Waals surface area contributed by atoms with E-state index in [0.717, 1.165) is 4.88 Å². The molecule has 120 valence electrons. The smallest absolute Gasteiger partial charge is 0.252 e. The first-order valence-electron chi connectivity index (χ1n) is 6.95. The molecule has 0 radical (unpaired) electrons. The Morgan fingerprint density at radius 3 is 2.52 bits per heavy atom. The predicted molar refractivity (Wildman–Crippen MR) is 84.8 cm³/mol. The van der Waals surface area contributed by atoms with E-state index in [1.165, 1.54) is 15.6 Å². The molecule has 1 aromatic heterocycles. The van der Waals surface area contributed by atoms with Gasteiger partial charge in [-0.2, -0.15) is 4.31 Å². The number of thiophene rings is 1. The minimum absolute atomic E-state index is 0.0501. The molecule has 0 bridgehead atoms. The second-order valence-corrected chi connectivity index (χ2v) is 7.77. The summed E-state index contributed by atoms with van der Waals surface area (Å²) in [6, 6.07) is 3.35. The predicted octanol–water partition coefficient (Wildman–Crippen LogP) is 1.00. The van der Waals surface area contributed by atoms with Crippen molar-refractivity contribution in [2.45, 2.75) is 31.0 Å². The SMILES string of the molecule is CCN(CC)S(=O)(=O)c1ccc(CNC(=O)CCNC)s1. The fourth-order valence-electron chi connectivity index (χ4n) is 1.80. The Morgan fingerprint density at radius 2 is 1.95 bits per heavy atom. The average molecular weight is 333 g/mol. The van der Waals surface area contributed by atoms with E-state index in [1.54, 1.807) is 19.2 Å². The maximum Gasteiger partial charge on any atom is 0.252 e. The van der Waals surface area contributed by atoms with Gasteiger partial charge in [0.05, 0.1) is 6.54 Å². The summed E-state index contributed by atoms with van der Waals surface area (Å²) >= 11 is 1.20. The van der Waals surface area contributed by atoms with Crippen LogP contribution >= 0.6 is 11.3 Å². The van der Waals surface area contributed by atoms with Crippen LogP contribution in [0.2, 0.25) is 0 Å². The largest absolute Gasteiger partial charge is 0.351 e. The molecular formula is C13H23N3O3S2. The summed E-state index contributed by atoms with van der Waals surface area (Å²) < 4.78 is 26.4. The van der Waals surface area contributed by atoms with Gasteiger partial charge in [-0.3, -0.25) is 4.79 Å². The standard InChI is InChI=1S/C13H23N3O3S2/c1-4-16(5-2)21(18,19)13-7-6-11(20-13)10-15-12(17)8-9-14-3/h6-7,14H,4-5,8-10H2,1-3H3,(H,15,17). The number of sulfonamides is 1. The van der Waals surface area contributed by atoms with Crippen LogP contribution in [0, 0.1) is 0 Å². The van der Waals surface area contributed by atoms with Crippen LogP contribution in [-0.4, -0.2) is 45.3 Å². The Bertz CT molecular complexity index is 551. The Kier molecular flexibility index (Phi) is 7.30. The topological polar surface area (TPSA) is 78.5 Å². The number of hydrogen-bond acceptors (Lipinski definition) is 5. The van der Waals surface area contributed by atoms with Crippen LogP contribution in [0.4, 0.5) is 0 Å². The van der Waals surface area contributed by atoms with Gasteiger partial charge in [-0.1, -0.05) is 13.8 Å². The molecule has 1 heterocycles. The Labute approximate surface area is 130 Å².